The van der Waals surface area contributed by atoms with Gasteiger partial charge in [-0.2, -0.15) is 0 Å². The number of nitrogens with zero attached hydrogens (tertiary/aromatic N) is 2. The third-order valence-electron chi connectivity index (χ3n) is 5.52. The second-order valence-corrected chi connectivity index (χ2v) is 7.40. The highest BCUT2D eigenvalue weighted by atomic mass is 16.5. The van der Waals surface area contributed by atoms with Crippen molar-refractivity contribution in [3.63, 3.8) is 0 Å². The lowest BCUT2D eigenvalue weighted by atomic mass is 10.0. The van der Waals surface area contributed by atoms with Gasteiger partial charge in [-0.1, -0.05) is 24.3 Å². The molecule has 2 aliphatic rings. The van der Waals surface area contributed by atoms with Crippen molar-refractivity contribution in [1.29, 1.82) is 0 Å². The number of rotatable bonds is 5. The Labute approximate surface area is 171 Å². The fourth-order valence-electron chi connectivity index (χ4n) is 4.11. The molecule has 6 nitrogen and oxygen atoms in total. The number of hydrogen-bond donors (Lipinski definition) is 0. The molecule has 29 heavy (non-hydrogen) atoms. The minimum Gasteiger partial charge on any atom is -0.494 e. The molecule has 6 heteroatoms. The molecule has 1 fully saturated rings. The van der Waals surface area contributed by atoms with Crippen molar-refractivity contribution in [2.75, 3.05) is 24.6 Å². The van der Waals surface area contributed by atoms with Crippen molar-refractivity contribution in [2.45, 2.75) is 38.8 Å². The van der Waals surface area contributed by atoms with Gasteiger partial charge < -0.3 is 14.4 Å². The fraction of sp³-hybridized carbons (Fsp3) is 0.391. The van der Waals surface area contributed by atoms with E-state index in [0.717, 1.165) is 24.2 Å². The summed E-state index contributed by atoms with van der Waals surface area (Å²) in [5.74, 6) is 1.24. The molecular formula is C23H26N2O4. The van der Waals surface area contributed by atoms with Crippen LogP contribution in [0.15, 0.2) is 48.5 Å². The molecule has 2 aliphatic heterocycles. The summed E-state index contributed by atoms with van der Waals surface area (Å²) >= 11 is 0. The molecule has 2 atom stereocenters. The van der Waals surface area contributed by atoms with E-state index in [4.69, 9.17) is 9.47 Å². The summed E-state index contributed by atoms with van der Waals surface area (Å²) in [5.41, 5.74) is 1.75. The molecule has 0 aliphatic carbocycles. The van der Waals surface area contributed by atoms with Gasteiger partial charge in [0.2, 0.25) is 5.91 Å². The summed E-state index contributed by atoms with van der Waals surface area (Å²) in [6.45, 7) is 5.02. The van der Waals surface area contributed by atoms with Crippen molar-refractivity contribution < 1.29 is 19.1 Å². The normalized spacial score (nSPS) is 21.0. The van der Waals surface area contributed by atoms with Gasteiger partial charge in [0.25, 0.3) is 5.91 Å². The minimum atomic E-state index is -0.599. The lowest BCUT2D eigenvalue weighted by Gasteiger charge is -2.34. The van der Waals surface area contributed by atoms with Gasteiger partial charge in [0, 0.05) is 6.54 Å². The maximum atomic E-state index is 13.2. The molecule has 2 heterocycles. The van der Waals surface area contributed by atoms with Crippen molar-refractivity contribution in [1.82, 2.24) is 4.90 Å². The molecule has 1 saturated heterocycles. The molecular weight excluding hydrogens is 368 g/mol. The van der Waals surface area contributed by atoms with E-state index >= 15 is 0 Å². The van der Waals surface area contributed by atoms with Gasteiger partial charge in [-0.15, -0.1) is 0 Å². The van der Waals surface area contributed by atoms with E-state index in [2.05, 4.69) is 0 Å². The van der Waals surface area contributed by atoms with Crippen molar-refractivity contribution in [3.05, 3.63) is 54.1 Å². The number of carbonyl (C=O) groups is 2. The molecule has 0 spiro atoms. The Kier molecular flexibility index (Phi) is 5.43. The first-order valence-electron chi connectivity index (χ1n) is 10.2. The Morgan fingerprint density at radius 2 is 1.93 bits per heavy atom. The van der Waals surface area contributed by atoms with E-state index in [0.29, 0.717) is 24.6 Å². The van der Waals surface area contributed by atoms with Crippen LogP contribution in [0.25, 0.3) is 0 Å². The van der Waals surface area contributed by atoms with E-state index in [1.807, 2.05) is 60.4 Å². The number of benzene rings is 2. The molecule has 152 valence electrons. The monoisotopic (exact) mass is 394 g/mol. The number of anilines is 1. The predicted molar refractivity (Wildman–Crippen MR) is 110 cm³/mol. The topological polar surface area (TPSA) is 59.1 Å². The number of para-hydroxylation sites is 2. The van der Waals surface area contributed by atoms with Crippen LogP contribution in [0.2, 0.25) is 0 Å². The van der Waals surface area contributed by atoms with Crippen LogP contribution >= 0.6 is 0 Å². The number of likely N-dealkylation sites (tertiary alicyclic amines) is 1. The van der Waals surface area contributed by atoms with Crippen LogP contribution in [0.1, 0.15) is 38.3 Å². The molecule has 2 aromatic carbocycles. The molecule has 4 rings (SSSR count). The zero-order valence-corrected chi connectivity index (χ0v) is 16.8. The number of amides is 2. The summed E-state index contributed by atoms with van der Waals surface area (Å²) in [4.78, 5) is 29.3. The van der Waals surface area contributed by atoms with E-state index in [1.54, 1.807) is 11.8 Å². The van der Waals surface area contributed by atoms with E-state index < -0.39 is 6.10 Å². The summed E-state index contributed by atoms with van der Waals surface area (Å²) in [5, 5.41) is 0. The summed E-state index contributed by atoms with van der Waals surface area (Å²) in [6.07, 6.45) is 1.27. The van der Waals surface area contributed by atoms with Crippen LogP contribution in [-0.4, -0.2) is 42.5 Å². The Bertz CT molecular complexity index is 896. The third kappa shape index (κ3) is 3.79. The first-order valence-corrected chi connectivity index (χ1v) is 10.2. The SMILES string of the molecule is CCOc1ccc(C2CCCN2C(=O)CN2C(=O)C(C)Oc3ccccc32)cc1. The predicted octanol–water partition coefficient (Wildman–Crippen LogP) is 3.56. The lowest BCUT2D eigenvalue weighted by Crippen LogP contribution is -2.49. The zero-order valence-electron chi connectivity index (χ0n) is 16.8. The molecule has 0 N–H and O–H groups in total. The van der Waals surface area contributed by atoms with Gasteiger partial charge in [-0.05, 0) is 56.5 Å². The molecule has 2 unspecified atom stereocenters. The average molecular weight is 394 g/mol. The second-order valence-electron chi connectivity index (χ2n) is 7.40. The first-order chi connectivity index (χ1) is 14.1. The fourth-order valence-corrected chi connectivity index (χ4v) is 4.11. The van der Waals surface area contributed by atoms with Gasteiger partial charge in [-0.3, -0.25) is 14.5 Å². The maximum Gasteiger partial charge on any atom is 0.268 e. The van der Waals surface area contributed by atoms with Crippen LogP contribution in [0.3, 0.4) is 0 Å². The van der Waals surface area contributed by atoms with Crippen LogP contribution in [0, 0.1) is 0 Å². The summed E-state index contributed by atoms with van der Waals surface area (Å²) in [6, 6.07) is 15.3. The van der Waals surface area contributed by atoms with E-state index in [1.165, 1.54) is 0 Å². The largest absolute Gasteiger partial charge is 0.494 e. The van der Waals surface area contributed by atoms with Gasteiger partial charge in [-0.25, -0.2) is 0 Å². The van der Waals surface area contributed by atoms with Crippen molar-refractivity contribution >= 4 is 17.5 Å². The number of carbonyl (C=O) groups excluding carboxylic acids is 2. The Balaban J connectivity index is 1.52. The molecule has 0 bridgehead atoms. The van der Waals surface area contributed by atoms with Crippen LogP contribution in [0.4, 0.5) is 5.69 Å². The molecule has 0 radical (unpaired) electrons. The Hall–Kier alpha value is -3.02. The number of ether oxygens (including phenoxy) is 2. The third-order valence-corrected chi connectivity index (χ3v) is 5.52. The van der Waals surface area contributed by atoms with Gasteiger partial charge >= 0.3 is 0 Å². The van der Waals surface area contributed by atoms with Crippen LogP contribution < -0.4 is 14.4 Å². The highest BCUT2D eigenvalue weighted by molar-refractivity contribution is 6.03. The number of hydrogen-bond acceptors (Lipinski definition) is 4. The zero-order chi connectivity index (χ0) is 20.4. The van der Waals surface area contributed by atoms with Gasteiger partial charge in [0.05, 0.1) is 18.3 Å². The van der Waals surface area contributed by atoms with Crippen molar-refractivity contribution in [2.24, 2.45) is 0 Å². The smallest absolute Gasteiger partial charge is 0.268 e. The minimum absolute atomic E-state index is 0.0249. The van der Waals surface area contributed by atoms with Crippen LogP contribution in [0.5, 0.6) is 11.5 Å². The highest BCUT2D eigenvalue weighted by Gasteiger charge is 2.36. The molecule has 2 aromatic rings. The Morgan fingerprint density at radius 3 is 2.69 bits per heavy atom. The second kappa shape index (κ2) is 8.15. The molecule has 0 saturated carbocycles. The van der Waals surface area contributed by atoms with E-state index in [-0.39, 0.29) is 24.4 Å². The van der Waals surface area contributed by atoms with Gasteiger partial charge in [0.1, 0.15) is 18.0 Å². The standard InChI is InChI=1S/C23H26N2O4/c1-3-28-18-12-10-17(11-13-18)19-8-6-14-24(19)22(26)15-25-20-7-4-5-9-21(20)29-16(2)23(25)27/h4-5,7,9-13,16,19H,3,6,8,14-15H2,1-2H3. The number of fused-ring (bicyclic) bond motifs is 1. The highest BCUT2D eigenvalue weighted by Crippen LogP contribution is 2.36. The molecule has 0 aromatic heterocycles. The summed E-state index contributed by atoms with van der Waals surface area (Å²) < 4.78 is 11.2. The summed E-state index contributed by atoms with van der Waals surface area (Å²) in [7, 11) is 0. The quantitative estimate of drug-likeness (QED) is 0.778. The van der Waals surface area contributed by atoms with E-state index in [9.17, 15) is 9.59 Å². The van der Waals surface area contributed by atoms with Crippen LogP contribution in [-0.2, 0) is 9.59 Å². The first kappa shape index (κ1) is 19.3. The maximum absolute atomic E-state index is 13.2. The molecule has 2 amide bonds. The average Bonchev–Trinajstić information content (AvgIpc) is 3.22. The lowest BCUT2D eigenvalue weighted by molar-refractivity contribution is -0.133. The Morgan fingerprint density at radius 1 is 1.17 bits per heavy atom. The van der Waals surface area contributed by atoms with Gasteiger partial charge in [0.15, 0.2) is 6.10 Å². The van der Waals surface area contributed by atoms with Crippen molar-refractivity contribution in [3.8, 4) is 11.5 Å².